The summed E-state index contributed by atoms with van der Waals surface area (Å²) in [6.07, 6.45) is 0. The molecule has 4 heterocycles. The third kappa shape index (κ3) is 3.59. The molecule has 6 aromatic carbocycles. The van der Waals surface area contributed by atoms with Crippen molar-refractivity contribution in [2.45, 2.75) is 0 Å². The van der Waals surface area contributed by atoms with Gasteiger partial charge in [-0.25, -0.2) is 9.97 Å². The minimum absolute atomic E-state index is 0.664. The van der Waals surface area contributed by atoms with Gasteiger partial charge in [-0.15, -0.1) is 11.3 Å². The molecular weight excluding hydrogens is 571 g/mol. The molecule has 10 aromatic rings. The lowest BCUT2D eigenvalue weighted by atomic mass is 10.1. The number of hydrogen-bond acceptors (Lipinski definition) is 4. The number of para-hydroxylation sites is 3. The lowest BCUT2D eigenvalue weighted by molar-refractivity contribution is 0.667. The molecule has 0 saturated heterocycles. The van der Waals surface area contributed by atoms with Crippen LogP contribution in [0.15, 0.2) is 144 Å². The summed E-state index contributed by atoms with van der Waals surface area (Å²) in [5.74, 6) is 0.664. The van der Waals surface area contributed by atoms with E-state index >= 15 is 0 Å². The van der Waals surface area contributed by atoms with Crippen molar-refractivity contribution in [3.8, 4) is 28.3 Å². The van der Waals surface area contributed by atoms with Crippen molar-refractivity contribution >= 4 is 75.4 Å². The summed E-state index contributed by atoms with van der Waals surface area (Å²) >= 11 is 1.85. The Morgan fingerprint density at radius 1 is 0.533 bits per heavy atom. The number of aromatic nitrogens is 3. The minimum atomic E-state index is 0.664. The molecule has 0 fully saturated rings. The van der Waals surface area contributed by atoms with Crippen molar-refractivity contribution in [2.75, 3.05) is 0 Å². The van der Waals surface area contributed by atoms with Crippen LogP contribution in [0.25, 0.3) is 92.4 Å². The lowest BCUT2D eigenvalue weighted by Crippen LogP contribution is -2.00. The van der Waals surface area contributed by atoms with E-state index in [1.165, 1.54) is 36.5 Å². The van der Waals surface area contributed by atoms with Crippen LogP contribution in [0.1, 0.15) is 0 Å². The van der Waals surface area contributed by atoms with Gasteiger partial charge in [0.15, 0.2) is 11.4 Å². The molecule has 0 atom stereocenters. The first kappa shape index (κ1) is 24.6. The zero-order valence-corrected chi connectivity index (χ0v) is 24.8. The molecule has 45 heavy (non-hydrogen) atoms. The molecule has 10 rings (SSSR count). The summed E-state index contributed by atoms with van der Waals surface area (Å²) in [7, 11) is 0. The second-order valence-corrected chi connectivity index (χ2v) is 12.5. The van der Waals surface area contributed by atoms with E-state index in [4.69, 9.17) is 14.4 Å². The van der Waals surface area contributed by atoms with Gasteiger partial charge in [0, 0.05) is 47.5 Å². The van der Waals surface area contributed by atoms with E-state index in [9.17, 15) is 0 Å². The first-order chi connectivity index (χ1) is 22.3. The number of fused-ring (bicyclic) bond motifs is 9. The van der Waals surface area contributed by atoms with Crippen LogP contribution < -0.4 is 0 Å². The normalized spacial score (nSPS) is 12.0. The Morgan fingerprint density at radius 3 is 2.18 bits per heavy atom. The van der Waals surface area contributed by atoms with Crippen LogP contribution in [0, 0.1) is 0 Å². The van der Waals surface area contributed by atoms with Crippen molar-refractivity contribution in [1.29, 1.82) is 0 Å². The van der Waals surface area contributed by atoms with Crippen LogP contribution in [-0.2, 0) is 0 Å². The fraction of sp³-hybridized carbons (Fsp3) is 0. The second-order valence-electron chi connectivity index (χ2n) is 11.4. The lowest BCUT2D eigenvalue weighted by Gasteiger charge is -2.14. The SMILES string of the molecule is c1ccc(-c2nc(-c3ccccc3-n3c4ccccc4c4cc5c(cc43)sc3ccccc35)nc3c2oc2ccccc23)cc1. The Kier molecular flexibility index (Phi) is 5.12. The molecule has 0 aliphatic carbocycles. The van der Waals surface area contributed by atoms with Crippen LogP contribution in [0.3, 0.4) is 0 Å². The molecule has 4 aromatic heterocycles. The van der Waals surface area contributed by atoms with Gasteiger partial charge in [0.1, 0.15) is 16.8 Å². The monoisotopic (exact) mass is 593 g/mol. The summed E-state index contributed by atoms with van der Waals surface area (Å²) in [5.41, 5.74) is 8.42. The zero-order chi connectivity index (χ0) is 29.5. The van der Waals surface area contributed by atoms with E-state index in [0.29, 0.717) is 11.4 Å². The Hall–Kier alpha value is -5.78. The van der Waals surface area contributed by atoms with E-state index in [0.717, 1.165) is 44.5 Å². The quantitative estimate of drug-likeness (QED) is 0.205. The highest BCUT2D eigenvalue weighted by Gasteiger charge is 2.22. The predicted molar refractivity (Wildman–Crippen MR) is 187 cm³/mol. The number of rotatable bonds is 3. The van der Waals surface area contributed by atoms with Crippen LogP contribution in [0.4, 0.5) is 0 Å². The molecule has 0 aliphatic heterocycles. The Labute approximate surface area is 261 Å². The Morgan fingerprint density at radius 2 is 1.27 bits per heavy atom. The van der Waals surface area contributed by atoms with E-state index in [1.54, 1.807) is 0 Å². The van der Waals surface area contributed by atoms with Crippen molar-refractivity contribution in [3.05, 3.63) is 140 Å². The van der Waals surface area contributed by atoms with Crippen LogP contribution in [0.2, 0.25) is 0 Å². The highest BCUT2D eigenvalue weighted by atomic mass is 32.1. The first-order valence-corrected chi connectivity index (χ1v) is 15.8. The smallest absolute Gasteiger partial charge is 0.180 e. The van der Waals surface area contributed by atoms with Gasteiger partial charge < -0.3 is 8.98 Å². The van der Waals surface area contributed by atoms with E-state index in [-0.39, 0.29) is 0 Å². The molecule has 0 unspecified atom stereocenters. The summed E-state index contributed by atoms with van der Waals surface area (Å²) in [5, 5.41) is 6.04. The second kappa shape index (κ2) is 9.36. The summed E-state index contributed by atoms with van der Waals surface area (Å²) < 4.78 is 11.3. The average Bonchev–Trinajstić information content (AvgIpc) is 3.76. The fourth-order valence-electron chi connectivity index (χ4n) is 6.81. The van der Waals surface area contributed by atoms with Gasteiger partial charge >= 0.3 is 0 Å². The molecule has 0 N–H and O–H groups in total. The molecule has 0 bridgehead atoms. The van der Waals surface area contributed by atoms with Crippen LogP contribution in [-0.4, -0.2) is 14.5 Å². The van der Waals surface area contributed by atoms with Crippen LogP contribution >= 0.6 is 11.3 Å². The average molecular weight is 594 g/mol. The number of furan rings is 1. The Balaban J connectivity index is 1.30. The predicted octanol–water partition coefficient (Wildman–Crippen LogP) is 11.2. The first-order valence-electron chi connectivity index (χ1n) is 15.0. The van der Waals surface area contributed by atoms with E-state index < -0.39 is 0 Å². The number of hydrogen-bond donors (Lipinski definition) is 0. The van der Waals surface area contributed by atoms with Gasteiger partial charge in [0.25, 0.3) is 0 Å². The van der Waals surface area contributed by atoms with Gasteiger partial charge in [-0.2, -0.15) is 0 Å². The molecule has 210 valence electrons. The van der Waals surface area contributed by atoms with Gasteiger partial charge in [-0.1, -0.05) is 91.0 Å². The standard InChI is InChI=1S/C40H23N3OS/c1-2-12-24(13-3-1)37-39-38(28-17-6-10-20-34(28)44-39)42-40(41-37)27-16-5-9-19-32(27)43-31-18-8-4-14-25(31)29-22-30-26-15-7-11-21-35(26)45-36(30)23-33(29)43/h1-23H. The number of benzene rings is 6. The van der Waals surface area contributed by atoms with Gasteiger partial charge in [-0.05, 0) is 48.5 Å². The third-order valence-electron chi connectivity index (χ3n) is 8.82. The molecule has 0 saturated carbocycles. The van der Waals surface area contributed by atoms with E-state index in [2.05, 4.69) is 108 Å². The summed E-state index contributed by atoms with van der Waals surface area (Å²) in [6.45, 7) is 0. The van der Waals surface area contributed by atoms with Gasteiger partial charge in [0.2, 0.25) is 0 Å². The van der Waals surface area contributed by atoms with Gasteiger partial charge in [0.05, 0.1) is 16.7 Å². The zero-order valence-electron chi connectivity index (χ0n) is 23.9. The molecule has 0 spiro atoms. The summed E-state index contributed by atoms with van der Waals surface area (Å²) in [4.78, 5) is 10.4. The topological polar surface area (TPSA) is 43.9 Å². The van der Waals surface area contributed by atoms with Crippen molar-refractivity contribution in [1.82, 2.24) is 14.5 Å². The largest absolute Gasteiger partial charge is 0.452 e. The van der Waals surface area contributed by atoms with Crippen LogP contribution in [0.5, 0.6) is 0 Å². The maximum atomic E-state index is 6.38. The minimum Gasteiger partial charge on any atom is -0.452 e. The van der Waals surface area contributed by atoms with Crippen molar-refractivity contribution in [3.63, 3.8) is 0 Å². The molecule has 4 nitrogen and oxygen atoms in total. The molecule has 5 heteroatoms. The van der Waals surface area contributed by atoms with Crippen molar-refractivity contribution < 1.29 is 4.42 Å². The number of thiophene rings is 1. The highest BCUT2D eigenvalue weighted by molar-refractivity contribution is 7.25. The summed E-state index contributed by atoms with van der Waals surface area (Å²) in [6, 6.07) is 48.9. The Bertz CT molecular complexity index is 2770. The molecule has 0 amide bonds. The number of nitrogens with zero attached hydrogens (tertiary/aromatic N) is 3. The fourth-order valence-corrected chi connectivity index (χ4v) is 7.93. The van der Waals surface area contributed by atoms with Crippen molar-refractivity contribution in [2.24, 2.45) is 0 Å². The maximum absolute atomic E-state index is 6.38. The third-order valence-corrected chi connectivity index (χ3v) is 9.96. The molecule has 0 radical (unpaired) electrons. The maximum Gasteiger partial charge on any atom is 0.180 e. The van der Waals surface area contributed by atoms with Gasteiger partial charge in [-0.3, -0.25) is 0 Å². The molecular formula is C40H23N3OS. The highest BCUT2D eigenvalue weighted by Crippen LogP contribution is 2.42. The van der Waals surface area contributed by atoms with E-state index in [1.807, 2.05) is 47.7 Å². The molecule has 0 aliphatic rings.